The van der Waals surface area contributed by atoms with Gasteiger partial charge in [-0.1, -0.05) is 19.3 Å². The third kappa shape index (κ3) is 4.19. The third-order valence-electron chi connectivity index (χ3n) is 5.18. The Morgan fingerprint density at radius 2 is 1.90 bits per heavy atom. The van der Waals surface area contributed by atoms with Crippen LogP contribution in [0.4, 0.5) is 0 Å². The van der Waals surface area contributed by atoms with Crippen LogP contribution < -0.4 is 5.32 Å². The van der Waals surface area contributed by atoms with Gasteiger partial charge >= 0.3 is 5.97 Å². The largest absolute Gasteiger partial charge is 0.481 e. The first-order valence-corrected chi connectivity index (χ1v) is 8.17. The summed E-state index contributed by atoms with van der Waals surface area (Å²) >= 11 is 0. The van der Waals surface area contributed by atoms with Gasteiger partial charge in [-0.05, 0) is 39.7 Å². The lowest BCUT2D eigenvalue weighted by atomic mass is 9.71. The van der Waals surface area contributed by atoms with Gasteiger partial charge in [0.05, 0.1) is 5.41 Å². The van der Waals surface area contributed by atoms with Gasteiger partial charge in [-0.25, -0.2) is 0 Å². The number of likely N-dealkylation sites (N-methyl/N-ethyl adjacent to an activating group) is 1. The van der Waals surface area contributed by atoms with E-state index in [1.54, 1.807) is 0 Å². The highest BCUT2D eigenvalue weighted by atomic mass is 16.4. The van der Waals surface area contributed by atoms with Crippen molar-refractivity contribution < 1.29 is 14.7 Å². The van der Waals surface area contributed by atoms with Crippen LogP contribution in [0.25, 0.3) is 0 Å². The number of hydrogen-bond donors (Lipinski definition) is 2. The molecular formula is C16H28N2O3. The molecule has 0 spiro atoms. The molecule has 2 aliphatic carbocycles. The van der Waals surface area contributed by atoms with Crippen LogP contribution in [0.15, 0.2) is 0 Å². The molecule has 21 heavy (non-hydrogen) atoms. The maximum absolute atomic E-state index is 12.1. The number of carbonyl (C=O) groups excluding carboxylic acids is 1. The monoisotopic (exact) mass is 296 g/mol. The zero-order valence-corrected chi connectivity index (χ0v) is 13.2. The Kier molecular flexibility index (Phi) is 5.25. The molecule has 2 N–H and O–H groups in total. The average Bonchev–Trinajstić information content (AvgIpc) is 3.29. The molecule has 0 bridgehead atoms. The second kappa shape index (κ2) is 6.77. The lowest BCUT2D eigenvalue weighted by Crippen LogP contribution is -2.44. The standard InChI is InChI=1S/C16H28N2O3/c1-12(18(2)13-6-7-13)11-17-14(19)10-16(15(20)21)8-4-3-5-9-16/h12-13H,3-11H2,1-2H3,(H,17,19)(H,20,21). The van der Waals surface area contributed by atoms with Crippen molar-refractivity contribution in [2.75, 3.05) is 13.6 Å². The summed E-state index contributed by atoms with van der Waals surface area (Å²) in [5, 5.41) is 12.4. The van der Waals surface area contributed by atoms with Gasteiger partial charge in [0.25, 0.3) is 0 Å². The summed E-state index contributed by atoms with van der Waals surface area (Å²) in [6, 6.07) is 0.967. The lowest BCUT2D eigenvalue weighted by molar-refractivity contribution is -0.154. The number of carboxylic acids is 1. The molecule has 2 rings (SSSR count). The molecule has 0 aromatic rings. The Morgan fingerprint density at radius 1 is 1.29 bits per heavy atom. The fraction of sp³-hybridized carbons (Fsp3) is 0.875. The van der Waals surface area contributed by atoms with E-state index in [4.69, 9.17) is 0 Å². The number of amides is 1. The molecule has 0 saturated heterocycles. The molecule has 2 aliphatic rings. The van der Waals surface area contributed by atoms with E-state index in [0.717, 1.165) is 19.3 Å². The number of hydrogen-bond acceptors (Lipinski definition) is 3. The van der Waals surface area contributed by atoms with Crippen LogP contribution in [0, 0.1) is 5.41 Å². The zero-order valence-electron chi connectivity index (χ0n) is 13.2. The van der Waals surface area contributed by atoms with Crippen molar-refractivity contribution in [2.45, 2.75) is 70.4 Å². The zero-order chi connectivity index (χ0) is 15.5. The van der Waals surface area contributed by atoms with Gasteiger partial charge in [0.1, 0.15) is 0 Å². The first kappa shape index (κ1) is 16.3. The van der Waals surface area contributed by atoms with Crippen molar-refractivity contribution in [3.05, 3.63) is 0 Å². The summed E-state index contributed by atoms with van der Waals surface area (Å²) in [6.45, 7) is 2.70. The van der Waals surface area contributed by atoms with Crippen LogP contribution >= 0.6 is 0 Å². The van der Waals surface area contributed by atoms with E-state index in [0.29, 0.717) is 31.5 Å². The Hall–Kier alpha value is -1.10. The number of carbonyl (C=O) groups is 2. The SMILES string of the molecule is CC(CNC(=O)CC1(C(=O)O)CCCCC1)N(C)C1CC1. The first-order chi connectivity index (χ1) is 9.94. The second-order valence-electron chi connectivity index (χ2n) is 6.87. The van der Waals surface area contributed by atoms with Gasteiger partial charge < -0.3 is 10.4 Å². The fourth-order valence-electron chi connectivity index (χ4n) is 3.31. The smallest absolute Gasteiger partial charge is 0.310 e. The van der Waals surface area contributed by atoms with Crippen LogP contribution in [-0.2, 0) is 9.59 Å². The molecule has 1 amide bonds. The highest BCUT2D eigenvalue weighted by molar-refractivity contribution is 5.85. The summed E-state index contributed by atoms with van der Waals surface area (Å²) in [5.41, 5.74) is -0.825. The van der Waals surface area contributed by atoms with Crippen LogP contribution in [-0.4, -0.2) is 47.6 Å². The van der Waals surface area contributed by atoms with E-state index in [2.05, 4.69) is 24.2 Å². The van der Waals surface area contributed by atoms with E-state index in [1.807, 2.05) is 0 Å². The van der Waals surface area contributed by atoms with Crippen LogP contribution in [0.1, 0.15) is 58.3 Å². The maximum Gasteiger partial charge on any atom is 0.310 e. The van der Waals surface area contributed by atoms with Crippen LogP contribution in [0.3, 0.4) is 0 Å². The summed E-state index contributed by atoms with van der Waals surface area (Å²) in [7, 11) is 2.09. The minimum absolute atomic E-state index is 0.115. The van der Waals surface area contributed by atoms with Crippen LogP contribution in [0.2, 0.25) is 0 Å². The van der Waals surface area contributed by atoms with E-state index >= 15 is 0 Å². The van der Waals surface area contributed by atoms with Crippen molar-refractivity contribution >= 4 is 11.9 Å². The summed E-state index contributed by atoms with van der Waals surface area (Å²) in [6.07, 6.45) is 6.80. The molecule has 5 heteroatoms. The quantitative estimate of drug-likeness (QED) is 0.754. The van der Waals surface area contributed by atoms with Gasteiger partial charge in [0.15, 0.2) is 0 Å². The molecule has 120 valence electrons. The summed E-state index contributed by atoms with van der Waals surface area (Å²) < 4.78 is 0. The molecular weight excluding hydrogens is 268 g/mol. The van der Waals surface area contributed by atoms with Crippen molar-refractivity contribution in [1.82, 2.24) is 10.2 Å². The minimum atomic E-state index is -0.825. The molecule has 5 nitrogen and oxygen atoms in total. The second-order valence-corrected chi connectivity index (χ2v) is 6.87. The maximum atomic E-state index is 12.1. The predicted molar refractivity (Wildman–Crippen MR) is 81.0 cm³/mol. The number of nitrogens with one attached hydrogen (secondary N) is 1. The number of carboxylic acid groups (broad SMARTS) is 1. The summed E-state index contributed by atoms with van der Waals surface area (Å²) in [5.74, 6) is -0.921. The Labute approximate surface area is 127 Å². The minimum Gasteiger partial charge on any atom is -0.481 e. The van der Waals surface area contributed by atoms with Crippen LogP contribution in [0.5, 0.6) is 0 Å². The van der Waals surface area contributed by atoms with E-state index in [1.165, 1.54) is 12.8 Å². The fourth-order valence-corrected chi connectivity index (χ4v) is 3.31. The van der Waals surface area contributed by atoms with Gasteiger partial charge in [0.2, 0.25) is 5.91 Å². The molecule has 1 atom stereocenters. The number of aliphatic carboxylic acids is 1. The Balaban J connectivity index is 1.80. The molecule has 0 heterocycles. The van der Waals surface area contributed by atoms with E-state index in [-0.39, 0.29) is 12.3 Å². The van der Waals surface area contributed by atoms with Crippen molar-refractivity contribution in [3.8, 4) is 0 Å². The first-order valence-electron chi connectivity index (χ1n) is 8.17. The van der Waals surface area contributed by atoms with Crippen molar-refractivity contribution in [3.63, 3.8) is 0 Å². The van der Waals surface area contributed by atoms with Gasteiger partial charge in [-0.2, -0.15) is 0 Å². The number of rotatable bonds is 7. The van der Waals surface area contributed by atoms with Crippen molar-refractivity contribution in [1.29, 1.82) is 0 Å². The van der Waals surface area contributed by atoms with Gasteiger partial charge in [-0.3, -0.25) is 14.5 Å². The number of nitrogens with zero attached hydrogens (tertiary/aromatic N) is 1. The molecule has 1 unspecified atom stereocenters. The average molecular weight is 296 g/mol. The van der Waals surface area contributed by atoms with Gasteiger partial charge in [-0.15, -0.1) is 0 Å². The molecule has 2 fully saturated rings. The normalized spacial score (nSPS) is 22.8. The van der Waals surface area contributed by atoms with Crippen molar-refractivity contribution in [2.24, 2.45) is 5.41 Å². The Morgan fingerprint density at radius 3 is 2.43 bits per heavy atom. The molecule has 0 aromatic heterocycles. The van der Waals surface area contributed by atoms with E-state index in [9.17, 15) is 14.7 Å². The third-order valence-corrected chi connectivity index (χ3v) is 5.18. The molecule has 2 saturated carbocycles. The van der Waals surface area contributed by atoms with E-state index < -0.39 is 11.4 Å². The molecule has 0 radical (unpaired) electrons. The molecule has 0 aromatic carbocycles. The molecule has 0 aliphatic heterocycles. The van der Waals surface area contributed by atoms with Gasteiger partial charge in [0, 0.05) is 25.0 Å². The predicted octanol–water partition coefficient (Wildman–Crippen LogP) is 2.01. The highest BCUT2D eigenvalue weighted by Crippen LogP contribution is 2.39. The lowest BCUT2D eigenvalue weighted by Gasteiger charge is -2.33. The summed E-state index contributed by atoms with van der Waals surface area (Å²) in [4.78, 5) is 26.0. The Bertz CT molecular complexity index is 387. The topological polar surface area (TPSA) is 69.6 Å². The highest BCUT2D eigenvalue weighted by Gasteiger charge is 2.41.